The zero-order valence-corrected chi connectivity index (χ0v) is 11.4. The maximum Gasteiger partial charge on any atom is 0.309 e. The predicted molar refractivity (Wildman–Crippen MR) is 67.7 cm³/mol. The monoisotopic (exact) mass is 288 g/mol. The Kier molecular flexibility index (Phi) is 4.62. The summed E-state index contributed by atoms with van der Waals surface area (Å²) in [7, 11) is -2.12. The fourth-order valence-corrected chi connectivity index (χ4v) is 2.98. The molecule has 6 nitrogen and oxygen atoms in total. The Bertz CT molecular complexity index is 489. The number of rotatable bonds is 5. The molecule has 1 aliphatic heterocycles. The lowest BCUT2D eigenvalue weighted by molar-refractivity contribution is -0.121. The van der Waals surface area contributed by atoms with Gasteiger partial charge in [-0.05, 0) is 24.3 Å². The molecule has 0 unspecified atom stereocenters. The zero-order chi connectivity index (χ0) is 13.7. The van der Waals surface area contributed by atoms with Gasteiger partial charge in [-0.1, -0.05) is 0 Å². The molecule has 7 heteroatoms. The van der Waals surface area contributed by atoms with Crippen molar-refractivity contribution in [2.75, 3.05) is 32.9 Å². The van der Waals surface area contributed by atoms with Crippen molar-refractivity contribution >= 4 is 10.1 Å². The van der Waals surface area contributed by atoms with E-state index in [0.29, 0.717) is 19.0 Å². The SMILES string of the molecule is COc1ccc(OS(=O)(=O)CC2COCOC2)cc1. The molecule has 1 aromatic rings. The zero-order valence-electron chi connectivity index (χ0n) is 10.6. The third kappa shape index (κ3) is 4.38. The second kappa shape index (κ2) is 6.23. The second-order valence-electron chi connectivity index (χ2n) is 4.21. The largest absolute Gasteiger partial charge is 0.497 e. The topological polar surface area (TPSA) is 71.1 Å². The maximum absolute atomic E-state index is 11.9. The number of benzene rings is 1. The molecule has 0 aliphatic carbocycles. The number of hydrogen-bond acceptors (Lipinski definition) is 6. The average molecular weight is 288 g/mol. The molecule has 0 atom stereocenters. The lowest BCUT2D eigenvalue weighted by Crippen LogP contribution is -2.31. The highest BCUT2D eigenvalue weighted by molar-refractivity contribution is 7.87. The highest BCUT2D eigenvalue weighted by atomic mass is 32.2. The van der Waals surface area contributed by atoms with Crippen LogP contribution in [0.4, 0.5) is 0 Å². The first-order valence-corrected chi connectivity index (χ1v) is 7.38. The van der Waals surface area contributed by atoms with Gasteiger partial charge in [-0.3, -0.25) is 0 Å². The van der Waals surface area contributed by atoms with E-state index in [0.717, 1.165) is 0 Å². The van der Waals surface area contributed by atoms with Crippen LogP contribution in [0.5, 0.6) is 11.5 Å². The first-order valence-electron chi connectivity index (χ1n) is 5.81. The lowest BCUT2D eigenvalue weighted by Gasteiger charge is -2.21. The van der Waals surface area contributed by atoms with E-state index in [-0.39, 0.29) is 24.2 Å². The molecule has 1 aliphatic rings. The molecular weight excluding hydrogens is 272 g/mol. The summed E-state index contributed by atoms with van der Waals surface area (Å²) >= 11 is 0. The molecule has 0 aromatic heterocycles. The van der Waals surface area contributed by atoms with Gasteiger partial charge in [0, 0.05) is 5.92 Å². The van der Waals surface area contributed by atoms with Gasteiger partial charge in [0.2, 0.25) is 0 Å². The Morgan fingerprint density at radius 2 is 1.74 bits per heavy atom. The van der Waals surface area contributed by atoms with Crippen LogP contribution >= 0.6 is 0 Å². The molecule has 106 valence electrons. The molecule has 1 fully saturated rings. The Labute approximate surface area is 112 Å². The van der Waals surface area contributed by atoms with Crippen LogP contribution in [-0.2, 0) is 19.6 Å². The molecule has 0 amide bonds. The number of ether oxygens (including phenoxy) is 3. The second-order valence-corrected chi connectivity index (χ2v) is 5.82. The van der Waals surface area contributed by atoms with E-state index in [4.69, 9.17) is 18.4 Å². The predicted octanol–water partition coefficient (Wildman–Crippen LogP) is 1.02. The summed E-state index contributed by atoms with van der Waals surface area (Å²) in [5.41, 5.74) is 0. The minimum Gasteiger partial charge on any atom is -0.497 e. The molecule has 2 rings (SSSR count). The van der Waals surface area contributed by atoms with Crippen LogP contribution in [0, 0.1) is 5.92 Å². The van der Waals surface area contributed by atoms with Crippen LogP contribution in [0.15, 0.2) is 24.3 Å². The van der Waals surface area contributed by atoms with Crippen molar-refractivity contribution in [1.82, 2.24) is 0 Å². The van der Waals surface area contributed by atoms with Gasteiger partial charge in [0.1, 0.15) is 18.3 Å². The van der Waals surface area contributed by atoms with Gasteiger partial charge in [0.25, 0.3) is 0 Å². The summed E-state index contributed by atoms with van der Waals surface area (Å²) in [6.45, 7) is 0.951. The summed E-state index contributed by atoms with van der Waals surface area (Å²) in [4.78, 5) is 0. The molecule has 0 spiro atoms. The minimum atomic E-state index is -3.65. The highest BCUT2D eigenvalue weighted by Gasteiger charge is 2.23. The molecule has 1 saturated heterocycles. The number of hydrogen-bond donors (Lipinski definition) is 0. The summed E-state index contributed by atoms with van der Waals surface area (Å²) in [6.07, 6.45) is 0. The molecule has 0 bridgehead atoms. The standard InChI is InChI=1S/C12H16O6S/c1-15-11-2-4-12(5-3-11)18-19(13,14)8-10-6-16-9-17-7-10/h2-5,10H,6-9H2,1H3. The van der Waals surface area contributed by atoms with E-state index < -0.39 is 10.1 Å². The highest BCUT2D eigenvalue weighted by Crippen LogP contribution is 2.19. The Hall–Kier alpha value is -1.31. The Morgan fingerprint density at radius 3 is 2.32 bits per heavy atom. The van der Waals surface area contributed by atoms with Crippen molar-refractivity contribution in [3.8, 4) is 11.5 Å². The van der Waals surface area contributed by atoms with Crippen LogP contribution in [-0.4, -0.2) is 41.3 Å². The van der Waals surface area contributed by atoms with Crippen LogP contribution in [0.2, 0.25) is 0 Å². The van der Waals surface area contributed by atoms with E-state index in [1.807, 2.05) is 0 Å². The third-order valence-electron chi connectivity index (χ3n) is 2.60. The van der Waals surface area contributed by atoms with E-state index in [2.05, 4.69) is 0 Å². The first-order chi connectivity index (χ1) is 9.09. The van der Waals surface area contributed by atoms with Crippen molar-refractivity contribution in [3.05, 3.63) is 24.3 Å². The number of methoxy groups -OCH3 is 1. The lowest BCUT2D eigenvalue weighted by atomic mass is 10.2. The third-order valence-corrected chi connectivity index (χ3v) is 3.92. The normalized spacial score (nSPS) is 17.1. The van der Waals surface area contributed by atoms with Gasteiger partial charge in [-0.2, -0.15) is 8.42 Å². The first kappa shape index (κ1) is 14.1. The van der Waals surface area contributed by atoms with Crippen LogP contribution in [0.1, 0.15) is 0 Å². The van der Waals surface area contributed by atoms with E-state index >= 15 is 0 Å². The fourth-order valence-electron chi connectivity index (χ4n) is 1.73. The van der Waals surface area contributed by atoms with Crippen molar-refractivity contribution in [2.45, 2.75) is 0 Å². The van der Waals surface area contributed by atoms with Crippen LogP contribution < -0.4 is 8.92 Å². The summed E-state index contributed by atoms with van der Waals surface area (Å²) in [5, 5.41) is 0. The fraction of sp³-hybridized carbons (Fsp3) is 0.500. The van der Waals surface area contributed by atoms with E-state index in [1.54, 1.807) is 24.3 Å². The van der Waals surface area contributed by atoms with Gasteiger partial charge in [0.05, 0.1) is 26.1 Å². The van der Waals surface area contributed by atoms with Gasteiger partial charge in [0.15, 0.2) is 0 Å². The van der Waals surface area contributed by atoms with Gasteiger partial charge in [-0.15, -0.1) is 0 Å². The average Bonchev–Trinajstić information content (AvgIpc) is 2.39. The van der Waals surface area contributed by atoms with E-state index in [9.17, 15) is 8.42 Å². The molecule has 1 heterocycles. The van der Waals surface area contributed by atoms with Gasteiger partial charge >= 0.3 is 10.1 Å². The molecule has 0 N–H and O–H groups in total. The van der Waals surface area contributed by atoms with Crippen molar-refractivity contribution < 1.29 is 26.8 Å². The summed E-state index contributed by atoms with van der Waals surface area (Å²) < 4.78 is 43.8. The molecular formula is C12H16O6S. The van der Waals surface area contributed by atoms with Crippen molar-refractivity contribution in [3.63, 3.8) is 0 Å². The van der Waals surface area contributed by atoms with Crippen molar-refractivity contribution in [1.29, 1.82) is 0 Å². The summed E-state index contributed by atoms with van der Waals surface area (Å²) in [6, 6.07) is 6.36. The summed E-state index contributed by atoms with van der Waals surface area (Å²) in [5.74, 6) is 0.577. The molecule has 0 radical (unpaired) electrons. The van der Waals surface area contributed by atoms with Gasteiger partial charge < -0.3 is 18.4 Å². The van der Waals surface area contributed by atoms with Crippen LogP contribution in [0.25, 0.3) is 0 Å². The van der Waals surface area contributed by atoms with Gasteiger partial charge in [-0.25, -0.2) is 0 Å². The molecule has 0 saturated carbocycles. The minimum absolute atomic E-state index is 0.126. The van der Waals surface area contributed by atoms with Crippen LogP contribution in [0.3, 0.4) is 0 Å². The Morgan fingerprint density at radius 1 is 1.16 bits per heavy atom. The van der Waals surface area contributed by atoms with Crippen molar-refractivity contribution in [2.24, 2.45) is 5.92 Å². The quantitative estimate of drug-likeness (QED) is 0.753. The Balaban J connectivity index is 1.95. The maximum atomic E-state index is 11.9. The molecule has 19 heavy (non-hydrogen) atoms. The van der Waals surface area contributed by atoms with E-state index in [1.165, 1.54) is 7.11 Å². The molecule has 1 aromatic carbocycles. The smallest absolute Gasteiger partial charge is 0.309 e.